The number of aromatic nitrogens is 2. The minimum Gasteiger partial charge on any atom is -0.411 e. The molecule has 1 amide bonds. The molecule has 0 spiro atoms. The normalized spacial score (nSPS) is 12.2. The van der Waals surface area contributed by atoms with Crippen LogP contribution < -0.4 is 5.32 Å². The van der Waals surface area contributed by atoms with Crippen molar-refractivity contribution >= 4 is 17.7 Å². The lowest BCUT2D eigenvalue weighted by Gasteiger charge is -2.09. The minimum absolute atomic E-state index is 0.0535. The molecule has 0 aliphatic rings. The Bertz CT molecular complexity index is 667. The molecule has 130 valence electrons. The monoisotopic (exact) mass is 349 g/mol. The van der Waals surface area contributed by atoms with Gasteiger partial charge in [-0.3, -0.25) is 4.79 Å². The highest BCUT2D eigenvalue weighted by Crippen LogP contribution is 2.27. The number of thioether (sulfide) groups is 1. The number of rotatable bonds is 8. The first-order valence-corrected chi connectivity index (χ1v) is 8.73. The predicted molar refractivity (Wildman–Crippen MR) is 94.0 cm³/mol. The maximum absolute atomic E-state index is 12.0. The zero-order valence-corrected chi connectivity index (χ0v) is 15.3. The number of nitrogens with zero attached hydrogens (tertiary/aromatic N) is 2. The van der Waals surface area contributed by atoms with Crippen LogP contribution in [0.2, 0.25) is 0 Å². The molecule has 0 aliphatic carbocycles. The van der Waals surface area contributed by atoms with Crippen molar-refractivity contribution in [3.63, 3.8) is 0 Å². The fourth-order valence-electron chi connectivity index (χ4n) is 2.25. The van der Waals surface area contributed by atoms with Gasteiger partial charge in [-0.05, 0) is 39.3 Å². The van der Waals surface area contributed by atoms with Crippen molar-refractivity contribution in [3.05, 3.63) is 29.3 Å². The van der Waals surface area contributed by atoms with Gasteiger partial charge in [-0.1, -0.05) is 29.0 Å². The van der Waals surface area contributed by atoms with E-state index in [2.05, 4.69) is 21.6 Å². The summed E-state index contributed by atoms with van der Waals surface area (Å²) >= 11 is 1.26. The summed E-state index contributed by atoms with van der Waals surface area (Å²) < 4.78 is 10.6. The van der Waals surface area contributed by atoms with Gasteiger partial charge in [0, 0.05) is 25.8 Å². The lowest BCUT2D eigenvalue weighted by molar-refractivity contribution is -0.120. The van der Waals surface area contributed by atoms with Gasteiger partial charge in [0.05, 0.1) is 5.25 Å². The van der Waals surface area contributed by atoms with Crippen LogP contribution in [0.4, 0.5) is 0 Å². The van der Waals surface area contributed by atoms with Gasteiger partial charge in [-0.25, -0.2) is 0 Å². The highest BCUT2D eigenvalue weighted by molar-refractivity contribution is 8.00. The van der Waals surface area contributed by atoms with Gasteiger partial charge < -0.3 is 14.5 Å². The molecule has 0 radical (unpaired) electrons. The molecule has 1 unspecified atom stereocenters. The molecular formula is C17H23N3O3S. The molecule has 0 aliphatic heterocycles. The zero-order chi connectivity index (χ0) is 17.5. The second-order valence-electron chi connectivity index (χ2n) is 5.65. The number of amides is 1. The Morgan fingerprint density at radius 3 is 2.67 bits per heavy atom. The van der Waals surface area contributed by atoms with Crippen LogP contribution in [0.5, 0.6) is 0 Å². The number of hydrogen-bond acceptors (Lipinski definition) is 6. The summed E-state index contributed by atoms with van der Waals surface area (Å²) in [5.74, 6) is 0.416. The number of methoxy groups -OCH3 is 1. The first-order valence-electron chi connectivity index (χ1n) is 7.85. The molecule has 1 heterocycles. The average molecular weight is 349 g/mol. The molecule has 1 aromatic carbocycles. The van der Waals surface area contributed by atoms with Crippen LogP contribution in [0.3, 0.4) is 0 Å². The van der Waals surface area contributed by atoms with Gasteiger partial charge in [-0.15, -0.1) is 10.2 Å². The van der Waals surface area contributed by atoms with Crippen molar-refractivity contribution in [2.75, 3.05) is 20.3 Å². The van der Waals surface area contributed by atoms with Gasteiger partial charge in [0.25, 0.3) is 5.22 Å². The van der Waals surface area contributed by atoms with Crippen LogP contribution in [0.15, 0.2) is 27.8 Å². The van der Waals surface area contributed by atoms with E-state index in [1.54, 1.807) is 7.11 Å². The Hall–Kier alpha value is -1.86. The van der Waals surface area contributed by atoms with Gasteiger partial charge in [-0.2, -0.15) is 0 Å². The van der Waals surface area contributed by atoms with Crippen LogP contribution in [0, 0.1) is 13.8 Å². The summed E-state index contributed by atoms with van der Waals surface area (Å²) in [5, 5.41) is 11.1. The Morgan fingerprint density at radius 1 is 1.29 bits per heavy atom. The van der Waals surface area contributed by atoms with E-state index in [1.807, 2.05) is 32.9 Å². The highest BCUT2D eigenvalue weighted by atomic mass is 32.2. The second kappa shape index (κ2) is 8.84. The topological polar surface area (TPSA) is 77.2 Å². The summed E-state index contributed by atoms with van der Waals surface area (Å²) in [5.41, 5.74) is 3.17. The van der Waals surface area contributed by atoms with Crippen LogP contribution >= 0.6 is 11.8 Å². The van der Waals surface area contributed by atoms with E-state index >= 15 is 0 Å². The van der Waals surface area contributed by atoms with Crippen LogP contribution in [0.25, 0.3) is 11.5 Å². The van der Waals surface area contributed by atoms with Crippen LogP contribution in [-0.2, 0) is 9.53 Å². The molecule has 7 heteroatoms. The molecular weight excluding hydrogens is 326 g/mol. The number of carbonyl (C=O) groups is 1. The Morgan fingerprint density at radius 2 is 2.00 bits per heavy atom. The molecule has 0 bridgehead atoms. The standard InChI is InChI=1S/C17H23N3O3S/c1-11-8-12(2)10-14(9-11)16-19-20-17(23-16)24-13(3)15(21)18-6-5-7-22-4/h8-10,13H,5-7H2,1-4H3,(H,18,21). The summed E-state index contributed by atoms with van der Waals surface area (Å²) in [6, 6.07) is 6.09. The molecule has 24 heavy (non-hydrogen) atoms. The molecule has 0 fully saturated rings. The van der Waals surface area contributed by atoms with E-state index in [4.69, 9.17) is 9.15 Å². The van der Waals surface area contributed by atoms with Gasteiger partial charge in [0.2, 0.25) is 11.8 Å². The highest BCUT2D eigenvalue weighted by Gasteiger charge is 2.18. The number of carbonyl (C=O) groups excluding carboxylic acids is 1. The Balaban J connectivity index is 1.94. The van der Waals surface area contributed by atoms with Crippen molar-refractivity contribution in [3.8, 4) is 11.5 Å². The number of nitrogens with one attached hydrogen (secondary N) is 1. The number of ether oxygens (including phenoxy) is 1. The molecule has 2 rings (SSSR count). The summed E-state index contributed by atoms with van der Waals surface area (Å²) in [6.07, 6.45) is 0.789. The van der Waals surface area contributed by atoms with E-state index in [9.17, 15) is 4.79 Å². The summed E-state index contributed by atoms with van der Waals surface area (Å²) in [7, 11) is 1.64. The Kier molecular flexibility index (Phi) is 6.81. The van der Waals surface area contributed by atoms with E-state index in [0.29, 0.717) is 24.3 Å². The summed E-state index contributed by atoms with van der Waals surface area (Å²) in [6.45, 7) is 7.09. The largest absolute Gasteiger partial charge is 0.411 e. The van der Waals surface area contributed by atoms with Crippen LogP contribution in [0.1, 0.15) is 24.5 Å². The van der Waals surface area contributed by atoms with Crippen LogP contribution in [-0.4, -0.2) is 41.6 Å². The van der Waals surface area contributed by atoms with Crippen molar-refractivity contribution in [2.45, 2.75) is 37.7 Å². The lowest BCUT2D eigenvalue weighted by Crippen LogP contribution is -2.32. The molecule has 1 N–H and O–H groups in total. The third-order valence-electron chi connectivity index (χ3n) is 3.35. The fourth-order valence-corrected chi connectivity index (χ4v) is 2.96. The molecule has 6 nitrogen and oxygen atoms in total. The SMILES string of the molecule is COCCCNC(=O)C(C)Sc1nnc(-c2cc(C)cc(C)c2)o1. The van der Waals surface area contributed by atoms with E-state index in [0.717, 1.165) is 23.1 Å². The van der Waals surface area contributed by atoms with Gasteiger partial charge >= 0.3 is 0 Å². The number of aryl methyl sites for hydroxylation is 2. The molecule has 1 aromatic heterocycles. The van der Waals surface area contributed by atoms with E-state index < -0.39 is 0 Å². The molecule has 0 saturated carbocycles. The summed E-state index contributed by atoms with van der Waals surface area (Å²) in [4.78, 5) is 12.0. The smallest absolute Gasteiger partial charge is 0.277 e. The molecule has 0 saturated heterocycles. The predicted octanol–water partition coefficient (Wildman–Crippen LogP) is 2.99. The van der Waals surface area contributed by atoms with E-state index in [-0.39, 0.29) is 11.2 Å². The molecule has 1 atom stereocenters. The van der Waals surface area contributed by atoms with Crippen molar-refractivity contribution in [2.24, 2.45) is 0 Å². The number of hydrogen-bond donors (Lipinski definition) is 1. The number of benzene rings is 1. The van der Waals surface area contributed by atoms with Gasteiger partial charge in [0.1, 0.15) is 0 Å². The first kappa shape index (κ1) is 18.5. The van der Waals surface area contributed by atoms with E-state index in [1.165, 1.54) is 11.8 Å². The van der Waals surface area contributed by atoms with Crippen molar-refractivity contribution < 1.29 is 13.9 Å². The first-order chi connectivity index (χ1) is 11.5. The van der Waals surface area contributed by atoms with Crippen molar-refractivity contribution in [1.29, 1.82) is 0 Å². The average Bonchev–Trinajstić information content (AvgIpc) is 2.99. The third kappa shape index (κ3) is 5.35. The quantitative estimate of drug-likeness (QED) is 0.583. The Labute approximate surface area is 146 Å². The zero-order valence-electron chi connectivity index (χ0n) is 14.5. The maximum atomic E-state index is 12.0. The second-order valence-corrected chi connectivity index (χ2v) is 6.94. The van der Waals surface area contributed by atoms with Gasteiger partial charge in [0.15, 0.2) is 0 Å². The lowest BCUT2D eigenvalue weighted by atomic mass is 10.1. The maximum Gasteiger partial charge on any atom is 0.277 e. The van der Waals surface area contributed by atoms with Crippen molar-refractivity contribution in [1.82, 2.24) is 15.5 Å². The molecule has 2 aromatic rings. The third-order valence-corrected chi connectivity index (χ3v) is 4.28. The fraction of sp³-hybridized carbons (Fsp3) is 0.471. The minimum atomic E-state index is -0.305.